The van der Waals surface area contributed by atoms with Gasteiger partial charge in [-0.05, 0) is 24.1 Å². The molecule has 1 aromatic heterocycles. The SMILES string of the molecule is Clc1cc(Cl)c2occ(CCBr)c2c1. The third-order valence-corrected chi connectivity index (χ3v) is 2.93. The number of aryl methyl sites for hydroxylation is 1. The highest BCUT2D eigenvalue weighted by molar-refractivity contribution is 9.09. The van der Waals surface area contributed by atoms with Crippen LogP contribution in [0.2, 0.25) is 10.0 Å². The lowest BCUT2D eigenvalue weighted by atomic mass is 10.1. The van der Waals surface area contributed by atoms with Crippen LogP contribution < -0.4 is 0 Å². The van der Waals surface area contributed by atoms with Crippen LogP contribution in [-0.2, 0) is 6.42 Å². The number of halogens is 3. The summed E-state index contributed by atoms with van der Waals surface area (Å²) in [5.74, 6) is 0. The first-order valence-corrected chi connectivity index (χ1v) is 6.01. The van der Waals surface area contributed by atoms with E-state index in [9.17, 15) is 0 Å². The van der Waals surface area contributed by atoms with Gasteiger partial charge >= 0.3 is 0 Å². The Morgan fingerprint density at radius 2 is 2.07 bits per heavy atom. The maximum absolute atomic E-state index is 5.99. The standard InChI is InChI=1S/C10H7BrCl2O/c11-2-1-6-5-14-10-8(6)3-7(12)4-9(10)13/h3-5H,1-2H2. The number of furan rings is 1. The van der Waals surface area contributed by atoms with Gasteiger partial charge in [0.2, 0.25) is 0 Å². The topological polar surface area (TPSA) is 13.1 Å². The Bertz CT molecular complexity index is 464. The summed E-state index contributed by atoms with van der Waals surface area (Å²) in [6, 6.07) is 3.57. The highest BCUT2D eigenvalue weighted by Crippen LogP contribution is 2.31. The minimum atomic E-state index is 0.563. The van der Waals surface area contributed by atoms with Gasteiger partial charge < -0.3 is 4.42 Å². The first-order chi connectivity index (χ1) is 6.72. The molecule has 2 aromatic rings. The zero-order valence-corrected chi connectivity index (χ0v) is 10.3. The molecular weight excluding hydrogens is 287 g/mol. The van der Waals surface area contributed by atoms with Gasteiger partial charge in [-0.3, -0.25) is 0 Å². The van der Waals surface area contributed by atoms with Crippen LogP contribution in [0.3, 0.4) is 0 Å². The van der Waals surface area contributed by atoms with Gasteiger partial charge in [-0.15, -0.1) is 0 Å². The molecule has 0 saturated carbocycles. The normalized spacial score (nSPS) is 11.1. The molecule has 0 spiro atoms. The minimum absolute atomic E-state index is 0.563. The van der Waals surface area contributed by atoms with E-state index in [4.69, 9.17) is 27.6 Å². The lowest BCUT2D eigenvalue weighted by Crippen LogP contribution is -1.82. The van der Waals surface area contributed by atoms with Crippen molar-refractivity contribution in [1.29, 1.82) is 0 Å². The molecule has 0 radical (unpaired) electrons. The van der Waals surface area contributed by atoms with Crippen LogP contribution >= 0.6 is 39.1 Å². The molecule has 0 atom stereocenters. The highest BCUT2D eigenvalue weighted by Gasteiger charge is 2.09. The van der Waals surface area contributed by atoms with Crippen LogP contribution in [-0.4, -0.2) is 5.33 Å². The zero-order valence-electron chi connectivity index (χ0n) is 7.19. The zero-order chi connectivity index (χ0) is 10.1. The lowest BCUT2D eigenvalue weighted by molar-refractivity contribution is 0.611. The number of fused-ring (bicyclic) bond motifs is 1. The van der Waals surface area contributed by atoms with Crippen LogP contribution in [0.15, 0.2) is 22.8 Å². The summed E-state index contributed by atoms with van der Waals surface area (Å²) in [6.45, 7) is 0. The molecule has 14 heavy (non-hydrogen) atoms. The van der Waals surface area contributed by atoms with Gasteiger partial charge in [0.25, 0.3) is 0 Å². The van der Waals surface area contributed by atoms with Gasteiger partial charge in [-0.2, -0.15) is 0 Å². The first kappa shape index (κ1) is 10.3. The van der Waals surface area contributed by atoms with Crippen molar-refractivity contribution in [3.05, 3.63) is 34.0 Å². The van der Waals surface area contributed by atoms with Crippen LogP contribution in [0, 0.1) is 0 Å². The molecule has 0 aliphatic heterocycles. The fourth-order valence-electron chi connectivity index (χ4n) is 1.41. The fourth-order valence-corrected chi connectivity index (χ4v) is 2.37. The maximum Gasteiger partial charge on any atom is 0.152 e. The predicted octanol–water partition coefficient (Wildman–Crippen LogP) is 4.68. The summed E-state index contributed by atoms with van der Waals surface area (Å²) in [7, 11) is 0. The van der Waals surface area contributed by atoms with E-state index < -0.39 is 0 Å². The predicted molar refractivity (Wildman–Crippen MR) is 63.7 cm³/mol. The molecule has 0 saturated heterocycles. The van der Waals surface area contributed by atoms with Gasteiger partial charge in [-0.1, -0.05) is 39.1 Å². The summed E-state index contributed by atoms with van der Waals surface area (Å²) in [5.41, 5.74) is 1.84. The van der Waals surface area contributed by atoms with Crippen molar-refractivity contribution in [3.63, 3.8) is 0 Å². The number of rotatable bonds is 2. The van der Waals surface area contributed by atoms with Crippen molar-refractivity contribution in [2.24, 2.45) is 0 Å². The fraction of sp³-hybridized carbons (Fsp3) is 0.200. The summed E-state index contributed by atoms with van der Waals surface area (Å²) >= 11 is 15.3. The lowest BCUT2D eigenvalue weighted by Gasteiger charge is -1.96. The monoisotopic (exact) mass is 292 g/mol. The third-order valence-electron chi connectivity index (χ3n) is 2.04. The summed E-state index contributed by atoms with van der Waals surface area (Å²) < 4.78 is 5.38. The molecule has 2 rings (SSSR count). The van der Waals surface area contributed by atoms with Crippen molar-refractivity contribution in [2.45, 2.75) is 6.42 Å². The molecule has 4 heteroatoms. The maximum atomic E-state index is 5.99. The number of hydrogen-bond donors (Lipinski definition) is 0. The Kier molecular flexibility index (Phi) is 3.05. The Balaban J connectivity index is 2.66. The smallest absolute Gasteiger partial charge is 0.152 e. The molecule has 0 fully saturated rings. The van der Waals surface area contributed by atoms with Crippen molar-refractivity contribution in [3.8, 4) is 0 Å². The number of alkyl halides is 1. The van der Waals surface area contributed by atoms with Gasteiger partial charge in [0.05, 0.1) is 11.3 Å². The molecule has 74 valence electrons. The molecule has 0 aliphatic carbocycles. The van der Waals surface area contributed by atoms with E-state index in [2.05, 4.69) is 15.9 Å². The summed E-state index contributed by atoms with van der Waals surface area (Å²) in [5, 5.41) is 3.10. The molecular formula is C10H7BrCl2O. The van der Waals surface area contributed by atoms with E-state index in [0.717, 1.165) is 22.7 Å². The average molecular weight is 294 g/mol. The summed E-state index contributed by atoms with van der Waals surface area (Å²) in [4.78, 5) is 0. The number of hydrogen-bond acceptors (Lipinski definition) is 1. The van der Waals surface area contributed by atoms with Crippen molar-refractivity contribution < 1.29 is 4.42 Å². The van der Waals surface area contributed by atoms with Crippen LogP contribution in [0.25, 0.3) is 11.0 Å². The second-order valence-corrected chi connectivity index (χ2v) is 4.60. The van der Waals surface area contributed by atoms with Crippen LogP contribution in [0.4, 0.5) is 0 Å². The average Bonchev–Trinajstić information content (AvgIpc) is 2.49. The molecule has 1 nitrogen and oxygen atoms in total. The van der Waals surface area contributed by atoms with Crippen LogP contribution in [0.5, 0.6) is 0 Å². The van der Waals surface area contributed by atoms with E-state index in [0.29, 0.717) is 15.6 Å². The molecule has 0 bridgehead atoms. The van der Waals surface area contributed by atoms with Gasteiger partial charge in [0.1, 0.15) is 0 Å². The van der Waals surface area contributed by atoms with Crippen molar-refractivity contribution in [2.75, 3.05) is 5.33 Å². The van der Waals surface area contributed by atoms with E-state index in [-0.39, 0.29) is 0 Å². The van der Waals surface area contributed by atoms with E-state index in [1.54, 1.807) is 12.3 Å². The second kappa shape index (κ2) is 4.13. The van der Waals surface area contributed by atoms with Gasteiger partial charge in [-0.25, -0.2) is 0 Å². The van der Waals surface area contributed by atoms with Gasteiger partial charge in [0, 0.05) is 15.7 Å². The molecule has 0 aliphatic rings. The van der Waals surface area contributed by atoms with E-state index in [1.165, 1.54) is 0 Å². The molecule has 1 aromatic carbocycles. The third kappa shape index (κ3) is 1.79. The Morgan fingerprint density at radius 1 is 1.29 bits per heavy atom. The first-order valence-electron chi connectivity index (χ1n) is 4.13. The van der Waals surface area contributed by atoms with Crippen LogP contribution in [0.1, 0.15) is 5.56 Å². The molecule has 1 heterocycles. The Morgan fingerprint density at radius 3 is 2.79 bits per heavy atom. The molecule has 0 amide bonds. The Hall–Kier alpha value is -0.180. The number of benzene rings is 1. The van der Waals surface area contributed by atoms with Gasteiger partial charge in [0.15, 0.2) is 5.58 Å². The largest absolute Gasteiger partial charge is 0.462 e. The molecule has 0 unspecified atom stereocenters. The minimum Gasteiger partial charge on any atom is -0.462 e. The van der Waals surface area contributed by atoms with E-state index >= 15 is 0 Å². The van der Waals surface area contributed by atoms with E-state index in [1.807, 2.05) is 6.07 Å². The highest BCUT2D eigenvalue weighted by atomic mass is 79.9. The second-order valence-electron chi connectivity index (χ2n) is 2.96. The Labute approximate surface area is 100 Å². The van der Waals surface area contributed by atoms with Crippen molar-refractivity contribution >= 4 is 50.1 Å². The summed E-state index contributed by atoms with van der Waals surface area (Å²) in [6.07, 6.45) is 2.64. The quantitative estimate of drug-likeness (QED) is 0.733. The molecule has 0 N–H and O–H groups in total. The van der Waals surface area contributed by atoms with Crippen molar-refractivity contribution in [1.82, 2.24) is 0 Å².